The summed E-state index contributed by atoms with van der Waals surface area (Å²) in [6.07, 6.45) is -1.22. The molecule has 0 heterocycles. The summed E-state index contributed by atoms with van der Waals surface area (Å²) in [7, 11) is 0. The third-order valence-electron chi connectivity index (χ3n) is 4.24. The molecule has 31 heavy (non-hydrogen) atoms. The van der Waals surface area contributed by atoms with Gasteiger partial charge in [0.1, 0.15) is 12.1 Å². The zero-order valence-electron chi connectivity index (χ0n) is 17.8. The molecule has 5 atom stereocenters. The van der Waals surface area contributed by atoms with Crippen molar-refractivity contribution in [3.05, 3.63) is 0 Å². The monoisotopic (exact) mass is 463 g/mol. The number of carbonyl (C=O) groups excluding carboxylic acids is 4. The lowest BCUT2D eigenvalue weighted by atomic mass is 10.0. The van der Waals surface area contributed by atoms with Crippen LogP contribution in [0.25, 0.3) is 0 Å². The van der Waals surface area contributed by atoms with Gasteiger partial charge in [0, 0.05) is 12.2 Å². The van der Waals surface area contributed by atoms with Gasteiger partial charge in [-0.15, -0.1) is 0 Å². The number of aliphatic carboxylic acids is 1. The Labute approximate surface area is 186 Å². The molecule has 0 bridgehead atoms. The van der Waals surface area contributed by atoms with E-state index in [2.05, 4.69) is 28.6 Å². The van der Waals surface area contributed by atoms with Crippen LogP contribution in [0, 0.1) is 5.92 Å². The Hall–Kier alpha value is -2.38. The third kappa shape index (κ3) is 11.0. The summed E-state index contributed by atoms with van der Waals surface area (Å²) < 4.78 is 0. The van der Waals surface area contributed by atoms with Gasteiger partial charge in [-0.25, -0.2) is 4.79 Å². The van der Waals surface area contributed by atoms with Crippen LogP contribution in [0.1, 0.15) is 40.0 Å². The second-order valence-corrected chi connectivity index (χ2v) is 7.98. The van der Waals surface area contributed by atoms with Crippen LogP contribution in [0.15, 0.2) is 0 Å². The first kappa shape index (κ1) is 28.6. The number of rotatable bonds is 14. The Morgan fingerprint density at radius 1 is 0.935 bits per heavy atom. The largest absolute Gasteiger partial charge is 0.480 e. The molecule has 0 rings (SSSR count). The molecule has 12 nitrogen and oxygen atoms in total. The van der Waals surface area contributed by atoms with Gasteiger partial charge in [0.05, 0.1) is 12.1 Å². The van der Waals surface area contributed by atoms with E-state index < -0.39 is 59.9 Å². The highest BCUT2D eigenvalue weighted by atomic mass is 32.1. The Bertz CT molecular complexity index is 659. The highest BCUT2D eigenvalue weighted by molar-refractivity contribution is 7.80. The zero-order valence-corrected chi connectivity index (χ0v) is 18.7. The summed E-state index contributed by atoms with van der Waals surface area (Å²) in [6, 6.07) is -4.87. The molecule has 0 aliphatic carbocycles. The number of hydrogen-bond acceptors (Lipinski definition) is 8. The van der Waals surface area contributed by atoms with Crippen molar-refractivity contribution in [2.24, 2.45) is 17.4 Å². The van der Waals surface area contributed by atoms with E-state index in [1.165, 1.54) is 6.92 Å². The number of amides is 4. The standard InChI is InChI=1S/C18H33N5O7S/c1-8(2)6-11(21-15(26)10(19)4-5-13(20)25)16(27)22-12(7-31)17(28)23-14(9(3)24)18(29)30/h8-12,14,24,31H,4-7,19H2,1-3H3,(H2,20,25)(H,21,26)(H,22,27)(H,23,28)(H,29,30). The number of primary amides is 1. The highest BCUT2D eigenvalue weighted by Crippen LogP contribution is 2.07. The number of aliphatic hydroxyl groups is 1. The van der Waals surface area contributed by atoms with Crippen molar-refractivity contribution in [2.75, 3.05) is 5.75 Å². The molecule has 5 unspecified atom stereocenters. The van der Waals surface area contributed by atoms with Crippen LogP contribution in [0.3, 0.4) is 0 Å². The Balaban J connectivity index is 5.21. The molecule has 0 saturated carbocycles. The summed E-state index contributed by atoms with van der Waals surface area (Å²) in [5.74, 6) is -4.43. The number of thiol groups is 1. The number of carbonyl (C=O) groups is 5. The van der Waals surface area contributed by atoms with Gasteiger partial charge in [-0.3, -0.25) is 19.2 Å². The molecule has 0 radical (unpaired) electrons. The first-order chi connectivity index (χ1) is 14.3. The second kappa shape index (κ2) is 13.8. The molecule has 0 aliphatic rings. The molecule has 0 spiro atoms. The predicted octanol–water partition coefficient (Wildman–Crippen LogP) is -2.53. The van der Waals surface area contributed by atoms with E-state index in [0.717, 1.165) is 0 Å². The maximum Gasteiger partial charge on any atom is 0.328 e. The molecule has 0 fully saturated rings. The maximum absolute atomic E-state index is 12.7. The van der Waals surface area contributed by atoms with E-state index in [9.17, 15) is 29.1 Å². The minimum absolute atomic E-state index is 0.00667. The molecule has 0 aromatic heterocycles. The van der Waals surface area contributed by atoms with Crippen LogP contribution >= 0.6 is 12.6 Å². The smallest absolute Gasteiger partial charge is 0.328 e. The van der Waals surface area contributed by atoms with E-state index >= 15 is 0 Å². The summed E-state index contributed by atoms with van der Waals surface area (Å²) in [4.78, 5) is 59.3. The summed E-state index contributed by atoms with van der Waals surface area (Å²) in [5, 5.41) is 25.6. The second-order valence-electron chi connectivity index (χ2n) is 7.61. The van der Waals surface area contributed by atoms with Gasteiger partial charge in [0.2, 0.25) is 23.6 Å². The zero-order chi connectivity index (χ0) is 24.3. The van der Waals surface area contributed by atoms with E-state index in [1.54, 1.807) is 0 Å². The molecule has 9 N–H and O–H groups in total. The lowest BCUT2D eigenvalue weighted by Crippen LogP contribution is -2.59. The molecule has 0 aliphatic heterocycles. The van der Waals surface area contributed by atoms with Gasteiger partial charge in [0.25, 0.3) is 0 Å². The van der Waals surface area contributed by atoms with E-state index in [-0.39, 0.29) is 30.9 Å². The fourth-order valence-corrected chi connectivity index (χ4v) is 2.78. The number of hydrogen-bond donors (Lipinski definition) is 8. The summed E-state index contributed by atoms with van der Waals surface area (Å²) >= 11 is 4.01. The van der Waals surface area contributed by atoms with E-state index in [0.29, 0.717) is 0 Å². The molecule has 13 heteroatoms. The van der Waals surface area contributed by atoms with Crippen molar-refractivity contribution in [1.82, 2.24) is 16.0 Å². The number of aliphatic hydroxyl groups excluding tert-OH is 1. The van der Waals surface area contributed by atoms with Crippen molar-refractivity contribution in [3.63, 3.8) is 0 Å². The molecular formula is C18H33N5O7S. The first-order valence-electron chi connectivity index (χ1n) is 9.76. The predicted molar refractivity (Wildman–Crippen MR) is 115 cm³/mol. The first-order valence-corrected chi connectivity index (χ1v) is 10.4. The van der Waals surface area contributed by atoms with Crippen molar-refractivity contribution < 1.29 is 34.2 Å². The number of carboxylic acid groups (broad SMARTS) is 1. The highest BCUT2D eigenvalue weighted by Gasteiger charge is 2.31. The molecule has 0 saturated heterocycles. The third-order valence-corrected chi connectivity index (χ3v) is 4.61. The van der Waals surface area contributed by atoms with Crippen molar-refractivity contribution >= 4 is 42.2 Å². The molecule has 0 aromatic rings. The SMILES string of the molecule is CC(C)CC(NC(=O)C(N)CCC(N)=O)C(=O)NC(CS)C(=O)NC(C(=O)O)C(C)O. The van der Waals surface area contributed by atoms with Crippen molar-refractivity contribution in [1.29, 1.82) is 0 Å². The number of nitrogens with two attached hydrogens (primary N) is 2. The summed E-state index contributed by atoms with van der Waals surface area (Å²) in [6.45, 7) is 4.84. The van der Waals surface area contributed by atoms with Crippen LogP contribution < -0.4 is 27.4 Å². The average Bonchev–Trinajstić information content (AvgIpc) is 2.66. The Kier molecular flexibility index (Phi) is 12.8. The van der Waals surface area contributed by atoms with Gasteiger partial charge in [-0.2, -0.15) is 12.6 Å². The number of nitrogens with one attached hydrogen (secondary N) is 3. The normalized spacial score (nSPS) is 15.8. The van der Waals surface area contributed by atoms with Crippen LogP contribution in [-0.4, -0.2) is 75.8 Å². The summed E-state index contributed by atoms with van der Waals surface area (Å²) in [5.41, 5.74) is 10.8. The van der Waals surface area contributed by atoms with Gasteiger partial charge >= 0.3 is 5.97 Å². The number of carboxylic acids is 1. The molecular weight excluding hydrogens is 430 g/mol. The quantitative estimate of drug-likeness (QED) is 0.128. The van der Waals surface area contributed by atoms with Crippen LogP contribution in [0.4, 0.5) is 0 Å². The minimum Gasteiger partial charge on any atom is -0.480 e. The Morgan fingerprint density at radius 2 is 1.45 bits per heavy atom. The lowest BCUT2D eigenvalue weighted by molar-refractivity contribution is -0.145. The fourth-order valence-electron chi connectivity index (χ4n) is 2.52. The maximum atomic E-state index is 12.7. The van der Waals surface area contributed by atoms with Gasteiger partial charge in [-0.1, -0.05) is 13.8 Å². The van der Waals surface area contributed by atoms with E-state index in [1.807, 2.05) is 13.8 Å². The minimum atomic E-state index is -1.57. The molecule has 4 amide bonds. The van der Waals surface area contributed by atoms with Crippen molar-refractivity contribution in [3.8, 4) is 0 Å². The molecule has 0 aromatic carbocycles. The molecule has 178 valence electrons. The van der Waals surface area contributed by atoms with Crippen LogP contribution in [-0.2, 0) is 24.0 Å². The van der Waals surface area contributed by atoms with Crippen LogP contribution in [0.2, 0.25) is 0 Å². The van der Waals surface area contributed by atoms with Gasteiger partial charge in [-0.05, 0) is 25.7 Å². The lowest BCUT2D eigenvalue weighted by Gasteiger charge is -2.25. The average molecular weight is 464 g/mol. The Morgan fingerprint density at radius 3 is 1.87 bits per heavy atom. The van der Waals surface area contributed by atoms with Crippen LogP contribution in [0.5, 0.6) is 0 Å². The van der Waals surface area contributed by atoms with E-state index in [4.69, 9.17) is 16.6 Å². The van der Waals surface area contributed by atoms with Gasteiger partial charge in [0.15, 0.2) is 6.04 Å². The topological polar surface area (TPSA) is 214 Å². The fraction of sp³-hybridized carbons (Fsp3) is 0.722. The van der Waals surface area contributed by atoms with Gasteiger partial charge < -0.3 is 37.6 Å². The van der Waals surface area contributed by atoms with Crippen molar-refractivity contribution in [2.45, 2.75) is 70.3 Å².